The molecule has 2 rings (SSSR count). The highest BCUT2D eigenvalue weighted by Crippen LogP contribution is 2.31. The van der Waals surface area contributed by atoms with Crippen LogP contribution in [-0.2, 0) is 0 Å². The number of hydrogen-bond donors (Lipinski definition) is 0. The second-order valence-corrected chi connectivity index (χ2v) is 7.36. The predicted octanol–water partition coefficient (Wildman–Crippen LogP) is 5.90. The van der Waals surface area contributed by atoms with Gasteiger partial charge in [-0.3, -0.25) is 0 Å². The predicted molar refractivity (Wildman–Crippen MR) is 91.4 cm³/mol. The Labute approximate surface area is 129 Å². The van der Waals surface area contributed by atoms with E-state index in [1.807, 2.05) is 0 Å². The molecule has 0 N–H and O–H groups in total. The third-order valence-corrected chi connectivity index (χ3v) is 4.58. The van der Waals surface area contributed by atoms with Crippen LogP contribution >= 0.6 is 22.6 Å². The molecule has 0 aliphatic carbocycles. The normalized spacial score (nSPS) is 13.5. The molecule has 0 heterocycles. The molecule has 102 valence electrons. The van der Waals surface area contributed by atoms with Gasteiger partial charge in [0.15, 0.2) is 0 Å². The molecule has 0 radical (unpaired) electrons. The van der Waals surface area contributed by atoms with E-state index < -0.39 is 0 Å². The minimum atomic E-state index is -0.150. The lowest BCUT2D eigenvalue weighted by atomic mass is 10.0. The molecule has 0 spiro atoms. The quantitative estimate of drug-likeness (QED) is 0.484. The van der Waals surface area contributed by atoms with Crippen LogP contribution in [0.4, 0.5) is 0 Å². The minimum Gasteiger partial charge on any atom is -0.488 e. The van der Waals surface area contributed by atoms with E-state index in [9.17, 15) is 0 Å². The number of fused-ring (bicyclic) bond motifs is 1. The van der Waals surface area contributed by atoms with Crippen LogP contribution in [0.25, 0.3) is 10.8 Å². The maximum Gasteiger partial charge on any atom is 0.120 e. The first-order chi connectivity index (χ1) is 8.89. The largest absolute Gasteiger partial charge is 0.488 e. The number of benzene rings is 2. The van der Waals surface area contributed by atoms with Crippen molar-refractivity contribution in [2.45, 2.75) is 43.6 Å². The van der Waals surface area contributed by atoms with Crippen molar-refractivity contribution >= 4 is 33.4 Å². The smallest absolute Gasteiger partial charge is 0.120 e. The Bertz CT molecular complexity index is 569. The summed E-state index contributed by atoms with van der Waals surface area (Å²) < 4.78 is 6.50. The summed E-state index contributed by atoms with van der Waals surface area (Å²) in [6.07, 6.45) is 1.16. The fourth-order valence-electron chi connectivity index (χ4n) is 2.09. The standard InChI is InChI=1S/C17H21IO/c1-5-16(18)14-7-6-13-11-15(19-17(2,3)4)9-8-12(13)10-14/h6-11,16H,5H2,1-4H3. The maximum atomic E-state index is 5.91. The van der Waals surface area contributed by atoms with Gasteiger partial charge < -0.3 is 4.74 Å². The molecule has 2 heteroatoms. The molecule has 0 fully saturated rings. The maximum absolute atomic E-state index is 5.91. The molecule has 0 bridgehead atoms. The third-order valence-electron chi connectivity index (χ3n) is 2.98. The van der Waals surface area contributed by atoms with Gasteiger partial charge in [-0.25, -0.2) is 0 Å². The van der Waals surface area contributed by atoms with E-state index in [0.29, 0.717) is 3.92 Å². The summed E-state index contributed by atoms with van der Waals surface area (Å²) in [5, 5.41) is 2.53. The summed E-state index contributed by atoms with van der Waals surface area (Å²) in [5.74, 6) is 0.939. The number of hydrogen-bond acceptors (Lipinski definition) is 1. The summed E-state index contributed by atoms with van der Waals surface area (Å²) in [4.78, 5) is 0. The lowest BCUT2D eigenvalue weighted by Crippen LogP contribution is -2.22. The Morgan fingerprint density at radius 1 is 1.05 bits per heavy atom. The molecule has 2 aromatic rings. The van der Waals surface area contributed by atoms with Gasteiger partial charge in [0, 0.05) is 3.92 Å². The SMILES string of the molecule is CCC(I)c1ccc2cc(OC(C)(C)C)ccc2c1. The highest BCUT2D eigenvalue weighted by Gasteiger charge is 2.12. The first kappa shape index (κ1) is 14.6. The van der Waals surface area contributed by atoms with Crippen molar-refractivity contribution in [1.82, 2.24) is 0 Å². The van der Waals surface area contributed by atoms with Crippen molar-refractivity contribution in [3.8, 4) is 5.75 Å². The molecule has 0 amide bonds. The van der Waals surface area contributed by atoms with Crippen LogP contribution in [0.3, 0.4) is 0 Å². The van der Waals surface area contributed by atoms with Crippen molar-refractivity contribution in [2.24, 2.45) is 0 Å². The molecule has 0 aliphatic rings. The van der Waals surface area contributed by atoms with Crippen LogP contribution in [0.5, 0.6) is 5.75 Å². The molecular formula is C17H21IO. The first-order valence-corrected chi connectivity index (χ1v) is 8.00. The van der Waals surface area contributed by atoms with Crippen molar-refractivity contribution in [1.29, 1.82) is 0 Å². The van der Waals surface area contributed by atoms with E-state index in [1.54, 1.807) is 0 Å². The highest BCUT2D eigenvalue weighted by atomic mass is 127. The van der Waals surface area contributed by atoms with E-state index in [1.165, 1.54) is 16.3 Å². The molecular weight excluding hydrogens is 347 g/mol. The summed E-state index contributed by atoms with van der Waals surface area (Å²) in [6, 6.07) is 13.0. The molecule has 0 saturated heterocycles. The van der Waals surface area contributed by atoms with E-state index >= 15 is 0 Å². The summed E-state index contributed by atoms with van der Waals surface area (Å²) in [5.41, 5.74) is 1.25. The lowest BCUT2D eigenvalue weighted by Gasteiger charge is -2.21. The minimum absolute atomic E-state index is 0.150. The summed E-state index contributed by atoms with van der Waals surface area (Å²) in [7, 11) is 0. The third kappa shape index (κ3) is 3.85. The van der Waals surface area contributed by atoms with Gasteiger partial charge in [0.25, 0.3) is 0 Å². The van der Waals surface area contributed by atoms with Gasteiger partial charge in [-0.2, -0.15) is 0 Å². The van der Waals surface area contributed by atoms with Gasteiger partial charge in [-0.1, -0.05) is 53.8 Å². The Kier molecular flexibility index (Phi) is 4.39. The van der Waals surface area contributed by atoms with Crippen molar-refractivity contribution < 1.29 is 4.74 Å². The monoisotopic (exact) mass is 368 g/mol. The van der Waals surface area contributed by atoms with Crippen LogP contribution in [-0.4, -0.2) is 5.60 Å². The van der Waals surface area contributed by atoms with Crippen LogP contribution in [0.1, 0.15) is 43.6 Å². The van der Waals surface area contributed by atoms with Crippen LogP contribution < -0.4 is 4.74 Å². The van der Waals surface area contributed by atoms with Crippen LogP contribution in [0.15, 0.2) is 36.4 Å². The zero-order valence-electron chi connectivity index (χ0n) is 12.0. The van der Waals surface area contributed by atoms with E-state index in [2.05, 4.69) is 86.7 Å². The highest BCUT2D eigenvalue weighted by molar-refractivity contribution is 14.1. The number of halogens is 1. The zero-order valence-corrected chi connectivity index (χ0v) is 14.2. The van der Waals surface area contributed by atoms with Gasteiger partial charge in [-0.05, 0) is 55.7 Å². The first-order valence-electron chi connectivity index (χ1n) is 6.76. The van der Waals surface area contributed by atoms with Gasteiger partial charge in [0.1, 0.15) is 11.4 Å². The molecule has 19 heavy (non-hydrogen) atoms. The molecule has 0 saturated carbocycles. The molecule has 1 nitrogen and oxygen atoms in total. The average Bonchev–Trinajstić information content (AvgIpc) is 2.35. The average molecular weight is 368 g/mol. The van der Waals surface area contributed by atoms with Gasteiger partial charge in [-0.15, -0.1) is 0 Å². The van der Waals surface area contributed by atoms with Crippen LogP contribution in [0.2, 0.25) is 0 Å². The van der Waals surface area contributed by atoms with Crippen LogP contribution in [0, 0.1) is 0 Å². The molecule has 1 unspecified atom stereocenters. The molecule has 2 aromatic carbocycles. The Hall–Kier alpha value is -0.770. The van der Waals surface area contributed by atoms with Gasteiger partial charge in [0.05, 0.1) is 0 Å². The lowest BCUT2D eigenvalue weighted by molar-refractivity contribution is 0.131. The number of alkyl halides is 1. The topological polar surface area (TPSA) is 9.23 Å². The Morgan fingerprint density at radius 3 is 2.32 bits per heavy atom. The molecule has 1 atom stereocenters. The summed E-state index contributed by atoms with van der Waals surface area (Å²) >= 11 is 2.50. The second kappa shape index (κ2) is 5.70. The van der Waals surface area contributed by atoms with E-state index in [0.717, 1.165) is 12.2 Å². The van der Waals surface area contributed by atoms with E-state index in [4.69, 9.17) is 4.74 Å². The number of ether oxygens (including phenoxy) is 1. The second-order valence-electron chi connectivity index (χ2n) is 5.86. The fourth-order valence-corrected chi connectivity index (χ4v) is 2.48. The number of rotatable bonds is 3. The Balaban J connectivity index is 2.35. The van der Waals surface area contributed by atoms with Crippen molar-refractivity contribution in [2.75, 3.05) is 0 Å². The van der Waals surface area contributed by atoms with Crippen molar-refractivity contribution in [3.63, 3.8) is 0 Å². The van der Waals surface area contributed by atoms with E-state index in [-0.39, 0.29) is 5.60 Å². The Morgan fingerprint density at radius 2 is 1.68 bits per heavy atom. The fraction of sp³-hybridized carbons (Fsp3) is 0.412. The molecule has 0 aromatic heterocycles. The molecule has 0 aliphatic heterocycles. The summed E-state index contributed by atoms with van der Waals surface area (Å²) in [6.45, 7) is 8.44. The van der Waals surface area contributed by atoms with Gasteiger partial charge in [0.2, 0.25) is 0 Å². The zero-order chi connectivity index (χ0) is 14.0. The van der Waals surface area contributed by atoms with Gasteiger partial charge >= 0.3 is 0 Å². The van der Waals surface area contributed by atoms with Crippen molar-refractivity contribution in [3.05, 3.63) is 42.0 Å².